The molecule has 1 rings (SSSR count). The first-order valence-corrected chi connectivity index (χ1v) is 12.4. The van der Waals surface area contributed by atoms with Crippen molar-refractivity contribution >= 4 is 11.6 Å². The molecule has 1 aromatic rings. The van der Waals surface area contributed by atoms with Gasteiger partial charge in [0, 0.05) is 12.2 Å². The largest absolute Gasteiger partial charge is 0.394 e. The maximum atomic E-state index is 11.9. The van der Waals surface area contributed by atoms with E-state index in [0.29, 0.717) is 18.7 Å². The Bertz CT molecular complexity index is 675. The van der Waals surface area contributed by atoms with Crippen LogP contribution >= 0.6 is 0 Å². The highest BCUT2D eigenvalue weighted by Gasteiger charge is 2.30. The fourth-order valence-corrected chi connectivity index (χ4v) is 3.67. The quantitative estimate of drug-likeness (QED) is 0.150. The van der Waals surface area contributed by atoms with Gasteiger partial charge in [-0.2, -0.15) is 0 Å². The number of aliphatic hydroxyl groups is 5. The zero-order valence-corrected chi connectivity index (χ0v) is 20.6. The summed E-state index contributed by atoms with van der Waals surface area (Å²) in [5, 5.41) is 51.7. The molecule has 0 aliphatic carbocycles. The van der Waals surface area contributed by atoms with Crippen LogP contribution in [-0.2, 0) is 11.2 Å². The third-order valence-electron chi connectivity index (χ3n) is 6.04. The highest BCUT2D eigenvalue weighted by atomic mass is 16.4. The molecule has 0 heterocycles. The minimum absolute atomic E-state index is 0.158. The number of aliphatic hydroxyl groups excluding tert-OH is 5. The van der Waals surface area contributed by atoms with Gasteiger partial charge in [-0.1, -0.05) is 45.2 Å². The van der Waals surface area contributed by atoms with E-state index in [-0.39, 0.29) is 12.5 Å². The summed E-state index contributed by atoms with van der Waals surface area (Å²) >= 11 is 0. The van der Waals surface area contributed by atoms with Gasteiger partial charge in [0.1, 0.15) is 18.3 Å². The molecule has 0 fully saturated rings. The van der Waals surface area contributed by atoms with Crippen LogP contribution in [-0.4, -0.2) is 93.0 Å². The molecule has 9 nitrogen and oxygen atoms in total. The van der Waals surface area contributed by atoms with E-state index in [9.17, 15) is 25.2 Å². The summed E-state index contributed by atoms with van der Waals surface area (Å²) in [5.74, 6) is -0.202. The Kier molecular flexibility index (Phi) is 15.2. The van der Waals surface area contributed by atoms with Crippen LogP contribution in [0.2, 0.25) is 0 Å². The minimum Gasteiger partial charge on any atom is -0.394 e. The second-order valence-corrected chi connectivity index (χ2v) is 8.96. The number of hydrogen-bond donors (Lipinski definition) is 7. The predicted molar refractivity (Wildman–Crippen MR) is 133 cm³/mol. The van der Waals surface area contributed by atoms with Crippen molar-refractivity contribution in [3.05, 3.63) is 29.8 Å². The van der Waals surface area contributed by atoms with Gasteiger partial charge in [-0.3, -0.25) is 4.79 Å². The number of aryl methyl sites for hydroxylation is 1. The number of nitrogens with two attached hydrogens (primary N) is 1. The van der Waals surface area contributed by atoms with Crippen molar-refractivity contribution in [2.75, 3.05) is 31.6 Å². The van der Waals surface area contributed by atoms with Crippen LogP contribution in [0.25, 0.3) is 0 Å². The second-order valence-electron chi connectivity index (χ2n) is 8.96. The fraction of sp³-hybridized carbons (Fsp3) is 0.720. The molecule has 196 valence electrons. The first kappa shape index (κ1) is 30.4. The van der Waals surface area contributed by atoms with E-state index in [4.69, 9.17) is 10.8 Å². The molecule has 34 heavy (non-hydrogen) atoms. The number of amides is 1. The van der Waals surface area contributed by atoms with E-state index < -0.39 is 37.1 Å². The van der Waals surface area contributed by atoms with Gasteiger partial charge in [-0.25, -0.2) is 0 Å². The van der Waals surface area contributed by atoms with Crippen molar-refractivity contribution in [1.82, 2.24) is 4.90 Å². The third-order valence-corrected chi connectivity index (χ3v) is 6.04. The Balaban J connectivity index is 2.61. The van der Waals surface area contributed by atoms with Gasteiger partial charge in [-0.05, 0) is 56.5 Å². The molecule has 1 aromatic carbocycles. The maximum Gasteiger partial charge on any atom is 0.241 e. The molecule has 5 atom stereocenters. The Morgan fingerprint density at radius 3 is 2.15 bits per heavy atom. The van der Waals surface area contributed by atoms with E-state index in [2.05, 4.69) is 17.1 Å². The van der Waals surface area contributed by atoms with Crippen molar-refractivity contribution in [2.24, 2.45) is 5.73 Å². The lowest BCUT2D eigenvalue weighted by Gasteiger charge is -2.30. The molecule has 8 N–H and O–H groups in total. The molecular formula is C25H45N3O6. The molecule has 0 radical (unpaired) electrons. The van der Waals surface area contributed by atoms with Crippen LogP contribution in [0.5, 0.6) is 0 Å². The van der Waals surface area contributed by atoms with Crippen molar-refractivity contribution in [3.8, 4) is 0 Å². The van der Waals surface area contributed by atoms with Crippen molar-refractivity contribution in [1.29, 1.82) is 0 Å². The molecular weight excluding hydrogens is 438 g/mol. The number of benzene rings is 1. The van der Waals surface area contributed by atoms with Crippen LogP contribution in [0.3, 0.4) is 0 Å². The summed E-state index contributed by atoms with van der Waals surface area (Å²) in [5.41, 5.74) is 7.56. The second kappa shape index (κ2) is 16.9. The molecule has 0 saturated heterocycles. The third kappa shape index (κ3) is 11.2. The van der Waals surface area contributed by atoms with E-state index in [1.54, 1.807) is 0 Å². The SMILES string of the molecule is CCCCCCN(CCCc1ccc(NC(=O)[C@@H](N)CC)cc1)C[C@H](O)[C@@H](O)[C@H](O)[C@H](O)CO. The molecule has 0 spiro atoms. The number of nitrogens with zero attached hydrogens (tertiary/aromatic N) is 1. The van der Waals surface area contributed by atoms with E-state index in [0.717, 1.165) is 50.6 Å². The lowest BCUT2D eigenvalue weighted by Crippen LogP contribution is -2.50. The van der Waals surface area contributed by atoms with Crippen LogP contribution in [0, 0.1) is 0 Å². The van der Waals surface area contributed by atoms with Gasteiger partial charge in [-0.15, -0.1) is 0 Å². The number of unbranched alkanes of at least 4 members (excludes halogenated alkanes) is 3. The normalized spacial score (nSPS) is 16.1. The summed E-state index contributed by atoms with van der Waals surface area (Å²) in [6, 6.07) is 7.11. The molecule has 0 aromatic heterocycles. The van der Waals surface area contributed by atoms with Crippen LogP contribution in [0.1, 0.15) is 57.9 Å². The smallest absolute Gasteiger partial charge is 0.241 e. The predicted octanol–water partition coefficient (Wildman–Crippen LogP) is 0.613. The number of anilines is 1. The first-order valence-electron chi connectivity index (χ1n) is 12.4. The van der Waals surface area contributed by atoms with Gasteiger partial charge in [0.25, 0.3) is 0 Å². The molecule has 0 aliphatic heterocycles. The Morgan fingerprint density at radius 1 is 0.941 bits per heavy atom. The topological polar surface area (TPSA) is 160 Å². The Labute approximate surface area is 203 Å². The summed E-state index contributed by atoms with van der Waals surface area (Å²) < 4.78 is 0. The Morgan fingerprint density at radius 2 is 1.56 bits per heavy atom. The average Bonchev–Trinajstić information content (AvgIpc) is 2.85. The molecule has 0 saturated carbocycles. The maximum absolute atomic E-state index is 11.9. The molecule has 1 amide bonds. The summed E-state index contributed by atoms with van der Waals surface area (Å²) in [6.45, 7) is 4.91. The van der Waals surface area contributed by atoms with Gasteiger partial charge in [0.05, 0.1) is 18.8 Å². The van der Waals surface area contributed by atoms with Crippen LogP contribution < -0.4 is 11.1 Å². The highest BCUT2D eigenvalue weighted by molar-refractivity contribution is 5.94. The zero-order valence-electron chi connectivity index (χ0n) is 20.6. The van der Waals surface area contributed by atoms with E-state index in [1.807, 2.05) is 31.2 Å². The zero-order chi connectivity index (χ0) is 25.5. The fourth-order valence-electron chi connectivity index (χ4n) is 3.67. The molecule has 0 aliphatic rings. The Hall–Kier alpha value is -1.59. The van der Waals surface area contributed by atoms with E-state index in [1.165, 1.54) is 0 Å². The molecule has 0 unspecified atom stereocenters. The minimum atomic E-state index is -1.62. The monoisotopic (exact) mass is 483 g/mol. The van der Waals surface area contributed by atoms with Crippen molar-refractivity contribution in [3.63, 3.8) is 0 Å². The summed E-state index contributed by atoms with van der Waals surface area (Å²) in [4.78, 5) is 14.0. The standard InChI is InChI=1S/C25H45N3O6/c1-3-5-6-7-14-28(16-21(30)23(32)24(33)22(31)17-29)15-8-9-18-10-12-19(13-11-18)27-25(34)20(26)4-2/h10-13,20-24,29-33H,3-9,14-17,26H2,1-2H3,(H,27,34)/t20-,21-,22+,23+,24+/m0/s1. The van der Waals surface area contributed by atoms with Crippen molar-refractivity contribution in [2.45, 2.75) is 89.3 Å². The van der Waals surface area contributed by atoms with Crippen molar-refractivity contribution < 1.29 is 30.3 Å². The summed E-state index contributed by atoms with van der Waals surface area (Å²) in [7, 11) is 0. The van der Waals surface area contributed by atoms with Crippen LogP contribution in [0.15, 0.2) is 24.3 Å². The number of rotatable bonds is 18. The number of hydrogen-bond acceptors (Lipinski definition) is 8. The van der Waals surface area contributed by atoms with Gasteiger partial charge in [0.15, 0.2) is 0 Å². The first-order chi connectivity index (χ1) is 16.2. The number of carbonyl (C=O) groups is 1. The van der Waals surface area contributed by atoms with Gasteiger partial charge in [0.2, 0.25) is 5.91 Å². The van der Waals surface area contributed by atoms with Gasteiger partial charge >= 0.3 is 0 Å². The molecule has 9 heteroatoms. The molecule has 0 bridgehead atoms. The lowest BCUT2D eigenvalue weighted by molar-refractivity contribution is -0.119. The van der Waals surface area contributed by atoms with E-state index >= 15 is 0 Å². The highest BCUT2D eigenvalue weighted by Crippen LogP contribution is 2.13. The number of nitrogens with one attached hydrogen (secondary N) is 1. The number of carbonyl (C=O) groups excluding carboxylic acids is 1. The lowest BCUT2D eigenvalue weighted by atomic mass is 10.0. The summed E-state index contributed by atoms with van der Waals surface area (Å²) in [6.07, 6.45) is 0.568. The average molecular weight is 484 g/mol. The van der Waals surface area contributed by atoms with Crippen LogP contribution in [0.4, 0.5) is 5.69 Å². The van der Waals surface area contributed by atoms with Gasteiger partial charge < -0.3 is 41.5 Å².